The normalized spacial score (nSPS) is 17.0. The second kappa shape index (κ2) is 8.45. The molecule has 0 saturated carbocycles. The van der Waals surface area contributed by atoms with Gasteiger partial charge in [-0.25, -0.2) is 4.39 Å². The molecular weight excluding hydrogens is 327 g/mol. The summed E-state index contributed by atoms with van der Waals surface area (Å²) in [6.45, 7) is 1.78. The molecule has 0 radical (unpaired) electrons. The number of rotatable bonds is 5. The van der Waals surface area contributed by atoms with Gasteiger partial charge in [-0.15, -0.1) is 0 Å². The topological polar surface area (TPSA) is 23.6 Å². The van der Waals surface area contributed by atoms with E-state index in [-0.39, 0.29) is 17.8 Å². The van der Waals surface area contributed by atoms with Crippen LogP contribution in [-0.4, -0.2) is 42.9 Å². The largest absolute Gasteiger partial charge is 0.347 e. The second-order valence-electron chi connectivity index (χ2n) is 7.36. The van der Waals surface area contributed by atoms with Gasteiger partial charge < -0.3 is 4.90 Å². The van der Waals surface area contributed by atoms with E-state index >= 15 is 0 Å². The monoisotopic (exact) mass is 354 g/mol. The highest BCUT2D eigenvalue weighted by Gasteiger charge is 2.31. The van der Waals surface area contributed by atoms with Gasteiger partial charge in [0.2, 0.25) is 5.91 Å². The first-order chi connectivity index (χ1) is 12.5. The average Bonchev–Trinajstić information content (AvgIpc) is 2.64. The van der Waals surface area contributed by atoms with Crippen LogP contribution in [0.4, 0.5) is 4.39 Å². The molecule has 3 nitrogen and oxygen atoms in total. The molecule has 0 aromatic heterocycles. The van der Waals surface area contributed by atoms with Crippen LogP contribution in [0.3, 0.4) is 0 Å². The molecular formula is C22H27FN2O. The highest BCUT2D eigenvalue weighted by molar-refractivity contribution is 5.82. The third-order valence-electron chi connectivity index (χ3n) is 5.22. The number of likely N-dealkylation sites (N-methyl/N-ethyl adjacent to an activating group) is 1. The van der Waals surface area contributed by atoms with Crippen LogP contribution in [0.15, 0.2) is 54.6 Å². The lowest BCUT2D eigenvalue weighted by atomic mass is 9.88. The maximum atomic E-state index is 13.4. The van der Waals surface area contributed by atoms with Crippen LogP contribution in [0.5, 0.6) is 0 Å². The Kier molecular flexibility index (Phi) is 6.04. The fraction of sp³-hybridized carbons (Fsp3) is 0.409. The van der Waals surface area contributed by atoms with Gasteiger partial charge in [-0.05, 0) is 61.5 Å². The van der Waals surface area contributed by atoms with Crippen LogP contribution >= 0.6 is 0 Å². The van der Waals surface area contributed by atoms with Gasteiger partial charge in [0.1, 0.15) is 11.9 Å². The van der Waals surface area contributed by atoms with Crippen molar-refractivity contribution in [2.45, 2.75) is 25.3 Å². The van der Waals surface area contributed by atoms with Crippen molar-refractivity contribution in [1.82, 2.24) is 9.80 Å². The minimum Gasteiger partial charge on any atom is -0.347 e. The molecule has 1 unspecified atom stereocenters. The third-order valence-corrected chi connectivity index (χ3v) is 5.22. The summed E-state index contributed by atoms with van der Waals surface area (Å²) in [6.07, 6.45) is 2.96. The number of nitrogens with zero attached hydrogens (tertiary/aromatic N) is 2. The standard InChI is InChI=1S/C22H27FN2O/c1-24(2)22(26)21(19-8-4-3-5-9-19)25-13-11-17(12-14-25)15-18-7-6-10-20(23)16-18/h3-10,16-17,21H,11-15H2,1-2H3. The van der Waals surface area contributed by atoms with E-state index < -0.39 is 0 Å². The highest BCUT2D eigenvalue weighted by atomic mass is 19.1. The van der Waals surface area contributed by atoms with Gasteiger partial charge in [-0.2, -0.15) is 0 Å². The molecule has 4 heteroatoms. The summed E-state index contributed by atoms with van der Waals surface area (Å²) in [7, 11) is 3.63. The van der Waals surface area contributed by atoms with E-state index in [4.69, 9.17) is 0 Å². The number of hydrogen-bond donors (Lipinski definition) is 0. The Morgan fingerprint density at radius 2 is 1.81 bits per heavy atom. The summed E-state index contributed by atoms with van der Waals surface area (Å²) < 4.78 is 13.4. The number of amides is 1. The summed E-state index contributed by atoms with van der Waals surface area (Å²) in [6, 6.07) is 16.7. The molecule has 3 rings (SSSR count). The molecule has 0 aliphatic carbocycles. The van der Waals surface area contributed by atoms with Crippen molar-refractivity contribution >= 4 is 5.91 Å². The molecule has 1 aliphatic rings. The molecule has 1 aliphatic heterocycles. The Labute approximate surface area is 155 Å². The van der Waals surface area contributed by atoms with E-state index in [1.807, 2.05) is 50.5 Å². The number of halogens is 1. The quantitative estimate of drug-likeness (QED) is 0.813. The average molecular weight is 354 g/mol. The highest BCUT2D eigenvalue weighted by Crippen LogP contribution is 2.29. The van der Waals surface area contributed by atoms with Crippen molar-refractivity contribution in [3.05, 3.63) is 71.5 Å². The van der Waals surface area contributed by atoms with Gasteiger partial charge in [-0.1, -0.05) is 42.5 Å². The molecule has 1 fully saturated rings. The Morgan fingerprint density at radius 1 is 1.12 bits per heavy atom. The number of benzene rings is 2. The zero-order valence-corrected chi connectivity index (χ0v) is 15.6. The number of piperidine rings is 1. The Balaban J connectivity index is 1.67. The van der Waals surface area contributed by atoms with Crippen LogP contribution in [0, 0.1) is 11.7 Å². The van der Waals surface area contributed by atoms with Gasteiger partial charge >= 0.3 is 0 Å². The van der Waals surface area contributed by atoms with Gasteiger partial charge in [-0.3, -0.25) is 9.69 Å². The number of likely N-dealkylation sites (tertiary alicyclic amines) is 1. The van der Waals surface area contributed by atoms with E-state index in [2.05, 4.69) is 4.90 Å². The molecule has 1 saturated heterocycles. The first-order valence-electron chi connectivity index (χ1n) is 9.29. The predicted molar refractivity (Wildman–Crippen MR) is 102 cm³/mol. The first-order valence-corrected chi connectivity index (χ1v) is 9.29. The Hall–Kier alpha value is -2.20. The lowest BCUT2D eigenvalue weighted by Crippen LogP contribution is -2.44. The summed E-state index contributed by atoms with van der Waals surface area (Å²) in [5, 5.41) is 0. The molecule has 0 N–H and O–H groups in total. The molecule has 1 amide bonds. The maximum Gasteiger partial charge on any atom is 0.244 e. The van der Waals surface area contributed by atoms with E-state index in [1.54, 1.807) is 17.0 Å². The summed E-state index contributed by atoms with van der Waals surface area (Å²) in [5.41, 5.74) is 2.11. The van der Waals surface area contributed by atoms with Gasteiger partial charge in [0.15, 0.2) is 0 Å². The van der Waals surface area contributed by atoms with Crippen molar-refractivity contribution in [2.75, 3.05) is 27.2 Å². The summed E-state index contributed by atoms with van der Waals surface area (Å²) in [4.78, 5) is 16.8. The fourth-order valence-electron chi connectivity index (χ4n) is 3.80. The van der Waals surface area contributed by atoms with Crippen molar-refractivity contribution in [3.8, 4) is 0 Å². The molecule has 2 aromatic rings. The number of carbonyl (C=O) groups is 1. The van der Waals surface area contributed by atoms with E-state index in [0.29, 0.717) is 5.92 Å². The van der Waals surface area contributed by atoms with Crippen LogP contribution in [0.2, 0.25) is 0 Å². The lowest BCUT2D eigenvalue weighted by molar-refractivity contribution is -0.135. The smallest absolute Gasteiger partial charge is 0.244 e. The van der Waals surface area contributed by atoms with Gasteiger partial charge in [0, 0.05) is 14.1 Å². The van der Waals surface area contributed by atoms with E-state index in [9.17, 15) is 9.18 Å². The predicted octanol–water partition coefficient (Wildman–Crippen LogP) is 3.91. The number of hydrogen-bond acceptors (Lipinski definition) is 2. The van der Waals surface area contributed by atoms with Crippen LogP contribution < -0.4 is 0 Å². The van der Waals surface area contributed by atoms with Crippen LogP contribution in [0.25, 0.3) is 0 Å². The molecule has 0 bridgehead atoms. The third kappa shape index (κ3) is 4.50. The number of carbonyl (C=O) groups excluding carboxylic acids is 1. The minimum absolute atomic E-state index is 0.125. The maximum absolute atomic E-state index is 13.4. The zero-order chi connectivity index (χ0) is 18.5. The zero-order valence-electron chi connectivity index (χ0n) is 15.6. The fourth-order valence-corrected chi connectivity index (χ4v) is 3.80. The SMILES string of the molecule is CN(C)C(=O)C(c1ccccc1)N1CCC(Cc2cccc(F)c2)CC1. The van der Waals surface area contributed by atoms with Crippen molar-refractivity contribution in [1.29, 1.82) is 0 Å². The second-order valence-corrected chi connectivity index (χ2v) is 7.36. The van der Waals surface area contributed by atoms with E-state index in [0.717, 1.165) is 43.5 Å². The molecule has 1 atom stereocenters. The van der Waals surface area contributed by atoms with Crippen LogP contribution in [-0.2, 0) is 11.2 Å². The van der Waals surface area contributed by atoms with Crippen molar-refractivity contribution < 1.29 is 9.18 Å². The van der Waals surface area contributed by atoms with Crippen molar-refractivity contribution in [3.63, 3.8) is 0 Å². The molecule has 26 heavy (non-hydrogen) atoms. The Bertz CT molecular complexity index is 724. The molecule has 2 aromatic carbocycles. The van der Waals surface area contributed by atoms with Gasteiger partial charge in [0.25, 0.3) is 0 Å². The van der Waals surface area contributed by atoms with Crippen LogP contribution in [0.1, 0.15) is 30.0 Å². The Morgan fingerprint density at radius 3 is 2.42 bits per heavy atom. The molecule has 1 heterocycles. The summed E-state index contributed by atoms with van der Waals surface area (Å²) in [5.74, 6) is 0.499. The van der Waals surface area contributed by atoms with Gasteiger partial charge in [0.05, 0.1) is 0 Å². The minimum atomic E-state index is -0.221. The summed E-state index contributed by atoms with van der Waals surface area (Å²) >= 11 is 0. The first kappa shape index (κ1) is 18.6. The van der Waals surface area contributed by atoms with Crippen molar-refractivity contribution in [2.24, 2.45) is 5.92 Å². The lowest BCUT2D eigenvalue weighted by Gasteiger charge is -2.38. The molecule has 138 valence electrons. The molecule has 0 spiro atoms. The van der Waals surface area contributed by atoms with E-state index in [1.165, 1.54) is 6.07 Å².